The topological polar surface area (TPSA) is 47.5 Å². The third-order valence-electron chi connectivity index (χ3n) is 4.99. The van der Waals surface area contributed by atoms with Gasteiger partial charge in [-0.3, -0.25) is 0 Å². The highest BCUT2D eigenvalue weighted by molar-refractivity contribution is 5.63. The van der Waals surface area contributed by atoms with E-state index >= 15 is 0 Å². The quantitative estimate of drug-likeness (QED) is 0.546. The van der Waals surface area contributed by atoms with E-state index in [4.69, 9.17) is 9.47 Å². The normalized spacial score (nSPS) is 15.3. The molecule has 2 aromatic rings. The van der Waals surface area contributed by atoms with Crippen molar-refractivity contribution in [3.63, 3.8) is 0 Å². The minimum atomic E-state index is -4.58. The maximum Gasteiger partial charge on any atom is 0.421 e. The first kappa shape index (κ1) is 22.2. The van der Waals surface area contributed by atoms with Crippen LogP contribution in [0.1, 0.15) is 51.5 Å². The van der Waals surface area contributed by atoms with Crippen molar-refractivity contribution in [1.29, 1.82) is 0 Å². The van der Waals surface area contributed by atoms with E-state index < -0.39 is 11.7 Å². The van der Waals surface area contributed by atoms with Crippen molar-refractivity contribution in [3.05, 3.63) is 36.0 Å². The molecule has 1 saturated carbocycles. The zero-order valence-corrected chi connectivity index (χ0v) is 17.6. The summed E-state index contributed by atoms with van der Waals surface area (Å²) >= 11 is 0. The van der Waals surface area contributed by atoms with Crippen LogP contribution in [0.4, 0.5) is 24.7 Å². The Balaban J connectivity index is 1.81. The fraction of sp³-hybridized carbons (Fsp3) is 0.545. The van der Waals surface area contributed by atoms with E-state index in [1.165, 1.54) is 24.2 Å². The predicted octanol–water partition coefficient (Wildman–Crippen LogP) is 6.01. The molecule has 0 saturated heterocycles. The van der Waals surface area contributed by atoms with Crippen LogP contribution in [0.2, 0.25) is 0 Å². The van der Waals surface area contributed by atoms with Gasteiger partial charge in [-0.1, -0.05) is 20.3 Å². The molecule has 1 aliphatic carbocycles. The smallest absolute Gasteiger partial charge is 0.421 e. The molecule has 1 heterocycles. The largest absolute Gasteiger partial charge is 0.490 e. The van der Waals surface area contributed by atoms with Crippen molar-refractivity contribution in [3.8, 4) is 11.8 Å². The molecule has 0 amide bonds. The van der Waals surface area contributed by atoms with Crippen LogP contribution < -0.4 is 14.4 Å². The summed E-state index contributed by atoms with van der Waals surface area (Å²) in [6, 6.07) is 6.95. The molecule has 1 aromatic heterocycles. The molecule has 30 heavy (non-hydrogen) atoms. The van der Waals surface area contributed by atoms with Crippen LogP contribution in [0.3, 0.4) is 0 Å². The van der Waals surface area contributed by atoms with Crippen molar-refractivity contribution in [1.82, 2.24) is 9.97 Å². The Labute approximate surface area is 175 Å². The fourth-order valence-corrected chi connectivity index (χ4v) is 3.37. The second-order valence-electron chi connectivity index (χ2n) is 8.02. The van der Waals surface area contributed by atoms with Gasteiger partial charge in [0.15, 0.2) is 5.82 Å². The number of ether oxygens (including phenoxy) is 2. The Morgan fingerprint density at radius 3 is 2.37 bits per heavy atom. The number of nitrogens with zero attached hydrogens (tertiary/aromatic N) is 3. The van der Waals surface area contributed by atoms with Crippen molar-refractivity contribution in [2.24, 2.45) is 5.92 Å². The van der Waals surface area contributed by atoms with Gasteiger partial charge in [-0.05, 0) is 55.9 Å². The van der Waals surface area contributed by atoms with E-state index in [0.717, 1.165) is 24.8 Å². The van der Waals surface area contributed by atoms with Gasteiger partial charge >= 0.3 is 12.2 Å². The number of benzene rings is 1. The number of anilines is 2. The summed E-state index contributed by atoms with van der Waals surface area (Å²) in [5.41, 5.74) is -0.352. The van der Waals surface area contributed by atoms with Gasteiger partial charge in [0.2, 0.25) is 0 Å². The fourth-order valence-electron chi connectivity index (χ4n) is 3.37. The SMILES string of the molecule is CC(C)COc1ncc(C(F)(F)F)c(N(C)c2ccc(OC3CCCCC3)cc2)n1. The first-order chi connectivity index (χ1) is 14.2. The van der Waals surface area contributed by atoms with Gasteiger partial charge in [0.1, 0.15) is 11.3 Å². The van der Waals surface area contributed by atoms with E-state index in [9.17, 15) is 13.2 Å². The minimum absolute atomic E-state index is 0.0733. The molecule has 5 nitrogen and oxygen atoms in total. The number of aromatic nitrogens is 2. The third kappa shape index (κ3) is 5.77. The van der Waals surface area contributed by atoms with Gasteiger partial charge in [-0.25, -0.2) is 4.98 Å². The Morgan fingerprint density at radius 1 is 1.10 bits per heavy atom. The second kappa shape index (κ2) is 9.53. The highest BCUT2D eigenvalue weighted by atomic mass is 19.4. The monoisotopic (exact) mass is 423 g/mol. The highest BCUT2D eigenvalue weighted by Gasteiger charge is 2.36. The lowest BCUT2D eigenvalue weighted by Gasteiger charge is -2.24. The van der Waals surface area contributed by atoms with E-state index in [0.29, 0.717) is 12.3 Å². The summed E-state index contributed by atoms with van der Waals surface area (Å²) in [6.45, 7) is 4.20. The molecule has 3 rings (SSSR count). The van der Waals surface area contributed by atoms with Crippen molar-refractivity contribution >= 4 is 11.5 Å². The average Bonchev–Trinajstić information content (AvgIpc) is 2.72. The summed E-state index contributed by atoms with van der Waals surface area (Å²) in [6.07, 6.45) is 2.06. The number of hydrogen-bond acceptors (Lipinski definition) is 5. The maximum absolute atomic E-state index is 13.5. The second-order valence-corrected chi connectivity index (χ2v) is 8.02. The molecule has 164 valence electrons. The van der Waals surface area contributed by atoms with Gasteiger partial charge in [0.05, 0.1) is 12.7 Å². The first-order valence-corrected chi connectivity index (χ1v) is 10.3. The van der Waals surface area contributed by atoms with Crippen LogP contribution >= 0.6 is 0 Å². The van der Waals surface area contributed by atoms with Gasteiger partial charge in [0, 0.05) is 18.9 Å². The molecule has 0 aliphatic heterocycles. The summed E-state index contributed by atoms with van der Waals surface area (Å²) < 4.78 is 52.0. The van der Waals surface area contributed by atoms with Crippen LogP contribution in [-0.4, -0.2) is 29.7 Å². The van der Waals surface area contributed by atoms with Gasteiger partial charge in [-0.15, -0.1) is 0 Å². The molecule has 0 spiro atoms. The Hall–Kier alpha value is -2.51. The molecule has 1 fully saturated rings. The number of halogens is 3. The summed E-state index contributed by atoms with van der Waals surface area (Å²) in [7, 11) is 1.54. The molecule has 0 atom stereocenters. The van der Waals surface area contributed by atoms with Gasteiger partial charge in [-0.2, -0.15) is 18.2 Å². The summed E-state index contributed by atoms with van der Waals surface area (Å²) in [5, 5.41) is 0. The van der Waals surface area contributed by atoms with Crippen molar-refractivity contribution < 1.29 is 22.6 Å². The number of hydrogen-bond donors (Lipinski definition) is 0. The molecular formula is C22H28F3N3O2. The number of alkyl halides is 3. The van der Waals surface area contributed by atoms with Gasteiger partial charge < -0.3 is 14.4 Å². The molecule has 8 heteroatoms. The van der Waals surface area contributed by atoms with E-state index in [-0.39, 0.29) is 23.9 Å². The molecule has 1 aliphatic rings. The molecular weight excluding hydrogens is 395 g/mol. The average molecular weight is 423 g/mol. The van der Waals surface area contributed by atoms with E-state index in [2.05, 4.69) is 9.97 Å². The van der Waals surface area contributed by atoms with Crippen LogP contribution in [0, 0.1) is 5.92 Å². The van der Waals surface area contributed by atoms with Crippen LogP contribution in [0.15, 0.2) is 30.5 Å². The zero-order valence-electron chi connectivity index (χ0n) is 17.6. The maximum atomic E-state index is 13.5. The first-order valence-electron chi connectivity index (χ1n) is 10.3. The molecule has 1 aromatic carbocycles. The third-order valence-corrected chi connectivity index (χ3v) is 4.99. The molecule has 0 bridgehead atoms. The van der Waals surface area contributed by atoms with Crippen LogP contribution in [-0.2, 0) is 6.18 Å². The molecule has 0 radical (unpaired) electrons. The van der Waals surface area contributed by atoms with E-state index in [1.807, 2.05) is 13.8 Å². The summed E-state index contributed by atoms with van der Waals surface area (Å²) in [4.78, 5) is 9.16. The Bertz CT molecular complexity index is 819. The lowest BCUT2D eigenvalue weighted by molar-refractivity contribution is -0.137. The molecule has 0 N–H and O–H groups in total. The predicted molar refractivity (Wildman–Crippen MR) is 109 cm³/mol. The van der Waals surface area contributed by atoms with Crippen LogP contribution in [0.25, 0.3) is 0 Å². The lowest BCUT2D eigenvalue weighted by Crippen LogP contribution is -2.20. The Morgan fingerprint density at radius 2 is 1.77 bits per heavy atom. The van der Waals surface area contributed by atoms with Crippen molar-refractivity contribution in [2.75, 3.05) is 18.6 Å². The zero-order chi connectivity index (χ0) is 21.7. The highest BCUT2D eigenvalue weighted by Crippen LogP contribution is 2.38. The number of rotatable bonds is 7. The standard InChI is InChI=1S/C22H28F3N3O2/c1-15(2)14-29-21-26-13-19(22(23,24)25)20(27-21)28(3)16-9-11-18(12-10-16)30-17-7-5-4-6-8-17/h9-13,15,17H,4-8,14H2,1-3H3. The minimum Gasteiger partial charge on any atom is -0.490 e. The van der Waals surface area contributed by atoms with Crippen LogP contribution in [0.5, 0.6) is 11.8 Å². The summed E-state index contributed by atoms with van der Waals surface area (Å²) in [5.74, 6) is 0.671. The lowest BCUT2D eigenvalue weighted by atomic mass is 9.98. The molecule has 0 unspecified atom stereocenters. The van der Waals surface area contributed by atoms with Crippen molar-refractivity contribution in [2.45, 2.75) is 58.2 Å². The van der Waals surface area contributed by atoms with E-state index in [1.54, 1.807) is 31.3 Å². The van der Waals surface area contributed by atoms with Gasteiger partial charge in [0.25, 0.3) is 0 Å². The Kier molecular flexibility index (Phi) is 7.05.